The van der Waals surface area contributed by atoms with Gasteiger partial charge < -0.3 is 19.7 Å². The van der Waals surface area contributed by atoms with Crippen LogP contribution in [0.4, 0.5) is 17.1 Å². The average Bonchev–Trinajstić information content (AvgIpc) is 2.79. The summed E-state index contributed by atoms with van der Waals surface area (Å²) in [5.74, 6) is -0.223. The van der Waals surface area contributed by atoms with Gasteiger partial charge in [-0.15, -0.1) is 0 Å². The maximum absolute atomic E-state index is 12.1. The lowest BCUT2D eigenvalue weighted by atomic mass is 9.89. The van der Waals surface area contributed by atoms with Gasteiger partial charge in [0.25, 0.3) is 5.69 Å². The zero-order chi connectivity index (χ0) is 23.1. The number of methoxy groups -OCH3 is 1. The van der Waals surface area contributed by atoms with E-state index < -0.39 is 10.9 Å². The molecule has 1 saturated heterocycles. The number of likely N-dealkylation sites (tertiary alicyclic amines) is 1. The van der Waals surface area contributed by atoms with Crippen molar-refractivity contribution in [1.82, 2.24) is 4.90 Å². The van der Waals surface area contributed by atoms with E-state index in [1.807, 2.05) is 29.2 Å². The van der Waals surface area contributed by atoms with Gasteiger partial charge in [-0.05, 0) is 48.6 Å². The number of piperidine rings is 1. The largest absolute Gasteiger partial charge is 0.460 e. The summed E-state index contributed by atoms with van der Waals surface area (Å²) in [6.45, 7) is 3.36. The Labute approximate surface area is 186 Å². The predicted octanol–water partition coefficient (Wildman–Crippen LogP) is 3.87. The second-order valence-electron chi connectivity index (χ2n) is 7.65. The molecule has 0 atom stereocenters. The molecule has 0 bridgehead atoms. The van der Waals surface area contributed by atoms with Crippen LogP contribution >= 0.6 is 0 Å². The SMILES string of the molecule is COCCOC(=O)c1ccc(Nc2cccc(C3CCN(C(C)=O)CC3)c2)c([N+](=O)[O-])c1. The zero-order valence-corrected chi connectivity index (χ0v) is 18.2. The van der Waals surface area contributed by atoms with Gasteiger partial charge in [0.1, 0.15) is 12.3 Å². The molecule has 0 radical (unpaired) electrons. The van der Waals surface area contributed by atoms with E-state index in [-0.39, 0.29) is 36.1 Å². The quantitative estimate of drug-likeness (QED) is 0.286. The fourth-order valence-corrected chi connectivity index (χ4v) is 3.77. The van der Waals surface area contributed by atoms with Gasteiger partial charge in [0.05, 0.1) is 17.1 Å². The average molecular weight is 441 g/mol. The number of anilines is 2. The van der Waals surface area contributed by atoms with Crippen LogP contribution in [-0.4, -0.2) is 55.1 Å². The van der Waals surface area contributed by atoms with Crippen molar-refractivity contribution in [2.24, 2.45) is 0 Å². The molecule has 1 amide bonds. The molecule has 1 aliphatic rings. The molecule has 9 heteroatoms. The summed E-state index contributed by atoms with van der Waals surface area (Å²) >= 11 is 0. The Hall–Kier alpha value is -3.46. The number of ether oxygens (including phenoxy) is 2. The number of nitrogens with zero attached hydrogens (tertiary/aromatic N) is 2. The first-order valence-electron chi connectivity index (χ1n) is 10.5. The summed E-state index contributed by atoms with van der Waals surface area (Å²) in [5, 5.41) is 14.7. The van der Waals surface area contributed by atoms with Gasteiger partial charge in [-0.25, -0.2) is 4.79 Å². The molecule has 0 unspecified atom stereocenters. The van der Waals surface area contributed by atoms with E-state index in [4.69, 9.17) is 9.47 Å². The molecule has 1 heterocycles. The Bertz CT molecular complexity index is 985. The molecule has 2 aromatic rings. The molecule has 3 rings (SSSR count). The fraction of sp³-hybridized carbons (Fsp3) is 0.391. The lowest BCUT2D eigenvalue weighted by Crippen LogP contribution is -2.36. The molecular weight excluding hydrogens is 414 g/mol. The van der Waals surface area contributed by atoms with Crippen LogP contribution in [-0.2, 0) is 14.3 Å². The van der Waals surface area contributed by atoms with Crippen LogP contribution in [0.15, 0.2) is 42.5 Å². The molecule has 0 aromatic heterocycles. The minimum Gasteiger partial charge on any atom is -0.460 e. The minimum absolute atomic E-state index is 0.0707. The Morgan fingerprint density at radius 2 is 1.91 bits per heavy atom. The highest BCUT2D eigenvalue weighted by molar-refractivity contribution is 5.91. The van der Waals surface area contributed by atoms with Crippen molar-refractivity contribution < 1.29 is 24.0 Å². The van der Waals surface area contributed by atoms with Gasteiger partial charge in [-0.2, -0.15) is 0 Å². The molecule has 9 nitrogen and oxygen atoms in total. The second-order valence-corrected chi connectivity index (χ2v) is 7.65. The number of rotatable bonds is 8. The third-order valence-corrected chi connectivity index (χ3v) is 5.53. The number of nitrogens with one attached hydrogen (secondary N) is 1. The van der Waals surface area contributed by atoms with E-state index in [1.165, 1.54) is 25.3 Å². The number of carbonyl (C=O) groups is 2. The van der Waals surface area contributed by atoms with Crippen LogP contribution in [0.25, 0.3) is 0 Å². The van der Waals surface area contributed by atoms with Crippen molar-refractivity contribution >= 4 is 28.9 Å². The van der Waals surface area contributed by atoms with Crippen molar-refractivity contribution in [2.45, 2.75) is 25.7 Å². The van der Waals surface area contributed by atoms with Gasteiger partial charge >= 0.3 is 5.97 Å². The first-order valence-corrected chi connectivity index (χ1v) is 10.5. The zero-order valence-electron chi connectivity index (χ0n) is 18.2. The van der Waals surface area contributed by atoms with Crippen molar-refractivity contribution in [3.63, 3.8) is 0 Å². The number of nitro groups is 1. The van der Waals surface area contributed by atoms with E-state index in [1.54, 1.807) is 6.92 Å². The third kappa shape index (κ3) is 5.82. The van der Waals surface area contributed by atoms with Gasteiger partial charge in [-0.1, -0.05) is 12.1 Å². The smallest absolute Gasteiger partial charge is 0.338 e. The highest BCUT2D eigenvalue weighted by Gasteiger charge is 2.23. The molecule has 1 aliphatic heterocycles. The highest BCUT2D eigenvalue weighted by atomic mass is 16.6. The Morgan fingerprint density at radius 1 is 1.16 bits per heavy atom. The molecule has 0 saturated carbocycles. The Balaban J connectivity index is 1.74. The number of nitro benzene ring substituents is 1. The van der Waals surface area contributed by atoms with Crippen LogP contribution in [0, 0.1) is 10.1 Å². The van der Waals surface area contributed by atoms with Crippen LogP contribution in [0.5, 0.6) is 0 Å². The van der Waals surface area contributed by atoms with E-state index in [9.17, 15) is 19.7 Å². The lowest BCUT2D eigenvalue weighted by Gasteiger charge is -2.31. The van der Waals surface area contributed by atoms with Crippen LogP contribution in [0.2, 0.25) is 0 Å². The van der Waals surface area contributed by atoms with Crippen LogP contribution in [0.3, 0.4) is 0 Å². The summed E-state index contributed by atoms with van der Waals surface area (Å²) in [5.41, 5.74) is 2.01. The number of hydrogen-bond donors (Lipinski definition) is 1. The maximum atomic E-state index is 12.1. The standard InChI is InChI=1S/C23H27N3O6/c1-16(27)25-10-8-17(9-11-25)18-4-3-5-20(14-18)24-21-7-6-19(15-22(21)26(29)30)23(28)32-13-12-31-2/h3-7,14-15,17,24H,8-13H2,1-2H3. The fourth-order valence-electron chi connectivity index (χ4n) is 3.77. The molecule has 1 fully saturated rings. The molecule has 170 valence electrons. The van der Waals surface area contributed by atoms with Gasteiger partial charge in [0.2, 0.25) is 5.91 Å². The van der Waals surface area contributed by atoms with Crippen molar-refractivity contribution in [2.75, 3.05) is 38.7 Å². The molecule has 2 aromatic carbocycles. The van der Waals surface area contributed by atoms with Crippen LogP contribution in [0.1, 0.15) is 41.6 Å². The number of carbonyl (C=O) groups excluding carboxylic acids is 2. The number of esters is 1. The van der Waals surface area contributed by atoms with E-state index in [0.717, 1.165) is 37.2 Å². The summed E-state index contributed by atoms with van der Waals surface area (Å²) in [7, 11) is 1.49. The number of benzene rings is 2. The van der Waals surface area contributed by atoms with E-state index in [0.29, 0.717) is 5.92 Å². The summed E-state index contributed by atoms with van der Waals surface area (Å²) in [4.78, 5) is 36.6. The topological polar surface area (TPSA) is 111 Å². The minimum atomic E-state index is -0.643. The third-order valence-electron chi connectivity index (χ3n) is 5.53. The predicted molar refractivity (Wildman–Crippen MR) is 119 cm³/mol. The van der Waals surface area contributed by atoms with E-state index in [2.05, 4.69) is 5.32 Å². The lowest BCUT2D eigenvalue weighted by molar-refractivity contribution is -0.383. The Kier molecular flexibility index (Phi) is 7.77. The monoisotopic (exact) mass is 441 g/mol. The van der Waals surface area contributed by atoms with E-state index >= 15 is 0 Å². The molecule has 1 N–H and O–H groups in total. The van der Waals surface area contributed by atoms with Crippen molar-refractivity contribution in [3.8, 4) is 0 Å². The van der Waals surface area contributed by atoms with Gasteiger partial charge in [0, 0.05) is 38.9 Å². The second kappa shape index (κ2) is 10.7. The van der Waals surface area contributed by atoms with Crippen LogP contribution < -0.4 is 5.32 Å². The molecule has 0 spiro atoms. The maximum Gasteiger partial charge on any atom is 0.338 e. The first kappa shape index (κ1) is 23.2. The van der Waals surface area contributed by atoms with Gasteiger partial charge in [0.15, 0.2) is 0 Å². The summed E-state index contributed by atoms with van der Waals surface area (Å²) in [6.07, 6.45) is 1.76. The summed E-state index contributed by atoms with van der Waals surface area (Å²) < 4.78 is 9.87. The van der Waals surface area contributed by atoms with Gasteiger partial charge in [-0.3, -0.25) is 14.9 Å². The Morgan fingerprint density at radius 3 is 2.56 bits per heavy atom. The molecule has 32 heavy (non-hydrogen) atoms. The first-order chi connectivity index (χ1) is 15.4. The van der Waals surface area contributed by atoms with Crippen molar-refractivity contribution in [3.05, 3.63) is 63.7 Å². The summed E-state index contributed by atoms with van der Waals surface area (Å²) in [6, 6.07) is 12.0. The number of hydrogen-bond acceptors (Lipinski definition) is 7. The molecular formula is C23H27N3O6. The number of amides is 1. The van der Waals surface area contributed by atoms with Crippen molar-refractivity contribution in [1.29, 1.82) is 0 Å². The highest BCUT2D eigenvalue weighted by Crippen LogP contribution is 2.33. The molecule has 0 aliphatic carbocycles. The normalized spacial score (nSPS) is 14.1.